The molecule has 0 spiro atoms. The van der Waals surface area contributed by atoms with Gasteiger partial charge in [-0.1, -0.05) is 17.7 Å². The monoisotopic (exact) mass is 287 g/mol. The van der Waals surface area contributed by atoms with E-state index in [2.05, 4.69) is 10.4 Å². The molecule has 1 heterocycles. The summed E-state index contributed by atoms with van der Waals surface area (Å²) in [6.07, 6.45) is 0. The van der Waals surface area contributed by atoms with Gasteiger partial charge in [0.25, 0.3) is 5.91 Å². The van der Waals surface area contributed by atoms with Crippen molar-refractivity contribution in [1.82, 2.24) is 15.1 Å². The van der Waals surface area contributed by atoms with E-state index in [0.29, 0.717) is 0 Å². The number of hydrogen-bond donors (Lipinski definition) is 2. The van der Waals surface area contributed by atoms with E-state index in [0.717, 1.165) is 16.9 Å². The lowest BCUT2D eigenvalue weighted by Crippen LogP contribution is -2.38. The molecule has 0 aliphatic rings. The van der Waals surface area contributed by atoms with Gasteiger partial charge in [0.15, 0.2) is 5.69 Å². The summed E-state index contributed by atoms with van der Waals surface area (Å²) in [7, 11) is 0. The van der Waals surface area contributed by atoms with E-state index in [-0.39, 0.29) is 5.69 Å². The quantitative estimate of drug-likeness (QED) is 0.896. The fraction of sp³-hybridized carbons (Fsp3) is 0.267. The van der Waals surface area contributed by atoms with Gasteiger partial charge in [-0.2, -0.15) is 5.10 Å². The number of aromatic nitrogens is 2. The fourth-order valence-corrected chi connectivity index (χ4v) is 1.87. The Bertz CT molecular complexity index is 674. The van der Waals surface area contributed by atoms with E-state index < -0.39 is 17.9 Å². The van der Waals surface area contributed by atoms with Gasteiger partial charge in [0.1, 0.15) is 6.04 Å². The van der Waals surface area contributed by atoms with Crippen molar-refractivity contribution in [2.45, 2.75) is 26.8 Å². The third-order valence-corrected chi connectivity index (χ3v) is 3.12. The number of carbonyl (C=O) groups is 2. The zero-order valence-electron chi connectivity index (χ0n) is 12.1. The third-order valence-electron chi connectivity index (χ3n) is 3.12. The molecule has 0 aliphatic heterocycles. The Kier molecular flexibility index (Phi) is 4.07. The Labute approximate surface area is 122 Å². The van der Waals surface area contributed by atoms with Gasteiger partial charge < -0.3 is 10.4 Å². The first-order chi connectivity index (χ1) is 9.88. The van der Waals surface area contributed by atoms with Crippen LogP contribution in [-0.4, -0.2) is 32.8 Å². The van der Waals surface area contributed by atoms with Crippen molar-refractivity contribution in [1.29, 1.82) is 0 Å². The summed E-state index contributed by atoms with van der Waals surface area (Å²) in [6, 6.07) is 8.42. The Hall–Kier alpha value is -2.63. The first-order valence-corrected chi connectivity index (χ1v) is 6.56. The topological polar surface area (TPSA) is 84.2 Å². The van der Waals surface area contributed by atoms with E-state index >= 15 is 0 Å². The average Bonchev–Trinajstić information content (AvgIpc) is 2.81. The maximum Gasteiger partial charge on any atom is 0.325 e. The van der Waals surface area contributed by atoms with Gasteiger partial charge >= 0.3 is 5.97 Å². The first kappa shape index (κ1) is 14.8. The van der Waals surface area contributed by atoms with Crippen molar-refractivity contribution in [2.24, 2.45) is 0 Å². The first-order valence-electron chi connectivity index (χ1n) is 6.56. The second-order valence-electron chi connectivity index (χ2n) is 4.95. The van der Waals surface area contributed by atoms with Crippen LogP contribution in [-0.2, 0) is 4.79 Å². The molecule has 0 bridgehead atoms. The van der Waals surface area contributed by atoms with Crippen molar-refractivity contribution in [3.63, 3.8) is 0 Å². The summed E-state index contributed by atoms with van der Waals surface area (Å²) in [5, 5.41) is 15.4. The minimum absolute atomic E-state index is 0.196. The van der Waals surface area contributed by atoms with Crippen LogP contribution in [0.15, 0.2) is 30.3 Å². The van der Waals surface area contributed by atoms with Crippen LogP contribution in [0.4, 0.5) is 0 Å². The Morgan fingerprint density at radius 2 is 1.86 bits per heavy atom. The number of benzene rings is 1. The highest BCUT2D eigenvalue weighted by atomic mass is 16.4. The Balaban J connectivity index is 2.25. The number of hydrogen-bond acceptors (Lipinski definition) is 3. The van der Waals surface area contributed by atoms with Gasteiger partial charge in [0, 0.05) is 5.69 Å². The molecule has 2 N–H and O–H groups in total. The standard InChI is InChI=1S/C15H17N3O3/c1-9-4-6-12(7-5-9)18-10(2)8-13(17-18)14(19)16-11(3)15(20)21/h4-8,11H,1-3H3,(H,16,19)(H,20,21). The second kappa shape index (κ2) is 5.78. The number of aryl methyl sites for hydroxylation is 2. The van der Waals surface area contributed by atoms with Crippen molar-refractivity contribution >= 4 is 11.9 Å². The molecule has 1 unspecified atom stereocenters. The molecule has 1 atom stereocenters. The van der Waals surface area contributed by atoms with Gasteiger partial charge in [-0.3, -0.25) is 9.59 Å². The molecule has 6 nitrogen and oxygen atoms in total. The molecule has 0 radical (unpaired) electrons. The number of nitrogens with zero attached hydrogens (tertiary/aromatic N) is 2. The number of nitrogens with one attached hydrogen (secondary N) is 1. The number of carbonyl (C=O) groups excluding carboxylic acids is 1. The number of amides is 1. The molecule has 6 heteroatoms. The largest absolute Gasteiger partial charge is 0.480 e. The van der Waals surface area contributed by atoms with Gasteiger partial charge in [-0.25, -0.2) is 4.68 Å². The Morgan fingerprint density at radius 1 is 1.24 bits per heavy atom. The molecule has 21 heavy (non-hydrogen) atoms. The molecule has 110 valence electrons. The summed E-state index contributed by atoms with van der Waals surface area (Å²) in [5.41, 5.74) is 2.98. The summed E-state index contributed by atoms with van der Waals surface area (Å²) >= 11 is 0. The van der Waals surface area contributed by atoms with Gasteiger partial charge in [-0.15, -0.1) is 0 Å². The summed E-state index contributed by atoms with van der Waals surface area (Å²) in [5.74, 6) is -1.59. The fourth-order valence-electron chi connectivity index (χ4n) is 1.87. The molecule has 0 fully saturated rings. The molecule has 1 aromatic heterocycles. The van der Waals surface area contributed by atoms with Gasteiger partial charge in [-0.05, 0) is 39.0 Å². The molecular weight excluding hydrogens is 270 g/mol. The number of rotatable bonds is 4. The van der Waals surface area contributed by atoms with Crippen molar-refractivity contribution in [3.05, 3.63) is 47.3 Å². The predicted octanol–water partition coefficient (Wildman–Crippen LogP) is 1.69. The highest BCUT2D eigenvalue weighted by molar-refractivity contribution is 5.95. The van der Waals surface area contributed by atoms with Crippen LogP contribution in [0.25, 0.3) is 5.69 Å². The van der Waals surface area contributed by atoms with E-state index in [9.17, 15) is 9.59 Å². The minimum atomic E-state index is -1.09. The minimum Gasteiger partial charge on any atom is -0.480 e. The highest BCUT2D eigenvalue weighted by Crippen LogP contribution is 2.13. The molecule has 0 saturated carbocycles. The van der Waals surface area contributed by atoms with E-state index in [1.54, 1.807) is 10.7 Å². The SMILES string of the molecule is Cc1ccc(-n2nc(C(=O)NC(C)C(=O)O)cc2C)cc1. The molecule has 2 aromatic rings. The summed E-state index contributed by atoms with van der Waals surface area (Å²) in [6.45, 7) is 5.24. The average molecular weight is 287 g/mol. The third kappa shape index (κ3) is 3.28. The normalized spacial score (nSPS) is 12.0. The van der Waals surface area contributed by atoms with Crippen LogP contribution < -0.4 is 5.32 Å². The number of aliphatic carboxylic acids is 1. The molecular formula is C15H17N3O3. The lowest BCUT2D eigenvalue weighted by atomic mass is 10.2. The molecule has 2 rings (SSSR count). The maximum absolute atomic E-state index is 12.0. The lowest BCUT2D eigenvalue weighted by Gasteiger charge is -2.07. The highest BCUT2D eigenvalue weighted by Gasteiger charge is 2.18. The van der Waals surface area contributed by atoms with Crippen molar-refractivity contribution < 1.29 is 14.7 Å². The van der Waals surface area contributed by atoms with Crippen LogP contribution >= 0.6 is 0 Å². The summed E-state index contributed by atoms with van der Waals surface area (Å²) in [4.78, 5) is 22.7. The lowest BCUT2D eigenvalue weighted by molar-refractivity contribution is -0.138. The number of carboxylic acid groups (broad SMARTS) is 1. The van der Waals surface area contributed by atoms with Crippen LogP contribution in [0.5, 0.6) is 0 Å². The van der Waals surface area contributed by atoms with Gasteiger partial charge in [0.2, 0.25) is 0 Å². The number of carboxylic acids is 1. The van der Waals surface area contributed by atoms with Crippen LogP contribution in [0.1, 0.15) is 28.7 Å². The van der Waals surface area contributed by atoms with Crippen LogP contribution in [0.2, 0.25) is 0 Å². The molecule has 1 aromatic carbocycles. The maximum atomic E-state index is 12.0. The van der Waals surface area contributed by atoms with Gasteiger partial charge in [0.05, 0.1) is 5.69 Å². The molecule has 0 aliphatic carbocycles. The van der Waals surface area contributed by atoms with E-state index in [1.807, 2.05) is 38.1 Å². The van der Waals surface area contributed by atoms with Crippen LogP contribution in [0.3, 0.4) is 0 Å². The second-order valence-corrected chi connectivity index (χ2v) is 4.95. The smallest absolute Gasteiger partial charge is 0.325 e. The van der Waals surface area contributed by atoms with Crippen LogP contribution in [0, 0.1) is 13.8 Å². The molecule has 1 amide bonds. The molecule has 0 saturated heterocycles. The van der Waals surface area contributed by atoms with E-state index in [1.165, 1.54) is 6.92 Å². The summed E-state index contributed by atoms with van der Waals surface area (Å²) < 4.78 is 1.65. The van der Waals surface area contributed by atoms with Crippen molar-refractivity contribution in [2.75, 3.05) is 0 Å². The van der Waals surface area contributed by atoms with E-state index in [4.69, 9.17) is 5.11 Å². The van der Waals surface area contributed by atoms with Crippen molar-refractivity contribution in [3.8, 4) is 5.69 Å². The predicted molar refractivity (Wildman–Crippen MR) is 77.6 cm³/mol. The Morgan fingerprint density at radius 3 is 2.43 bits per heavy atom. The zero-order valence-corrected chi connectivity index (χ0v) is 12.1. The zero-order chi connectivity index (χ0) is 15.6.